The molecule has 0 aromatic heterocycles. The largest absolute Gasteiger partial charge is 0.361 e. The monoisotopic (exact) mass is 207 g/mol. The summed E-state index contributed by atoms with van der Waals surface area (Å²) < 4.78 is 5.57. The van der Waals surface area contributed by atoms with Crippen molar-refractivity contribution >= 4 is 0 Å². The Morgan fingerprint density at radius 1 is 1.33 bits per heavy atom. The SMILES string of the molecule is C[C@H]1CO[C@](O)(c2ccccc2)[C@@H](C)N1. The van der Waals surface area contributed by atoms with Crippen LogP contribution in [0.4, 0.5) is 0 Å². The van der Waals surface area contributed by atoms with Crippen molar-refractivity contribution < 1.29 is 9.84 Å². The van der Waals surface area contributed by atoms with Crippen LogP contribution in [0.25, 0.3) is 0 Å². The van der Waals surface area contributed by atoms with E-state index in [1.807, 2.05) is 44.2 Å². The van der Waals surface area contributed by atoms with Gasteiger partial charge in [0, 0.05) is 11.6 Å². The second-order valence-electron chi connectivity index (χ2n) is 4.16. The fraction of sp³-hybridized carbons (Fsp3) is 0.500. The number of morpholine rings is 1. The molecule has 15 heavy (non-hydrogen) atoms. The van der Waals surface area contributed by atoms with Crippen LogP contribution in [0.2, 0.25) is 0 Å². The fourth-order valence-corrected chi connectivity index (χ4v) is 1.98. The van der Waals surface area contributed by atoms with E-state index in [4.69, 9.17) is 4.74 Å². The zero-order chi connectivity index (χ0) is 10.9. The molecule has 3 nitrogen and oxygen atoms in total. The molecular weight excluding hydrogens is 190 g/mol. The molecule has 0 amide bonds. The lowest BCUT2D eigenvalue weighted by atomic mass is 9.96. The molecule has 0 unspecified atom stereocenters. The zero-order valence-electron chi connectivity index (χ0n) is 9.10. The van der Waals surface area contributed by atoms with E-state index in [1.165, 1.54) is 0 Å². The number of aliphatic hydroxyl groups is 1. The summed E-state index contributed by atoms with van der Waals surface area (Å²) in [5.74, 6) is -1.20. The topological polar surface area (TPSA) is 41.5 Å². The van der Waals surface area contributed by atoms with Crippen LogP contribution in [0.3, 0.4) is 0 Å². The van der Waals surface area contributed by atoms with Gasteiger partial charge in [-0.05, 0) is 13.8 Å². The van der Waals surface area contributed by atoms with Crippen LogP contribution in [-0.4, -0.2) is 23.8 Å². The maximum atomic E-state index is 10.4. The van der Waals surface area contributed by atoms with Crippen LogP contribution in [-0.2, 0) is 10.5 Å². The number of rotatable bonds is 1. The standard InChI is InChI=1S/C12H17NO2/c1-9-8-15-12(14,10(2)13-9)11-6-4-3-5-7-11/h3-7,9-10,13-14H,8H2,1-2H3/t9-,10+,12-/m0/s1. The Kier molecular flexibility index (Phi) is 2.78. The second kappa shape index (κ2) is 3.93. The predicted octanol–water partition coefficient (Wildman–Crippen LogP) is 1.23. The van der Waals surface area contributed by atoms with Crippen molar-refractivity contribution in [2.24, 2.45) is 0 Å². The maximum Gasteiger partial charge on any atom is 0.208 e. The van der Waals surface area contributed by atoms with Gasteiger partial charge in [0.05, 0.1) is 12.6 Å². The number of benzene rings is 1. The van der Waals surface area contributed by atoms with E-state index < -0.39 is 5.79 Å². The Morgan fingerprint density at radius 3 is 2.60 bits per heavy atom. The molecule has 1 fully saturated rings. The second-order valence-corrected chi connectivity index (χ2v) is 4.16. The molecule has 2 N–H and O–H groups in total. The van der Waals surface area contributed by atoms with Crippen LogP contribution in [0.5, 0.6) is 0 Å². The van der Waals surface area contributed by atoms with Crippen molar-refractivity contribution in [3.63, 3.8) is 0 Å². The molecule has 2 rings (SSSR count). The van der Waals surface area contributed by atoms with E-state index in [2.05, 4.69) is 5.32 Å². The zero-order valence-corrected chi connectivity index (χ0v) is 9.10. The lowest BCUT2D eigenvalue weighted by molar-refractivity contribution is -0.252. The Morgan fingerprint density at radius 2 is 2.00 bits per heavy atom. The third-order valence-electron chi connectivity index (χ3n) is 2.86. The van der Waals surface area contributed by atoms with Crippen LogP contribution < -0.4 is 5.32 Å². The Hall–Kier alpha value is -0.900. The van der Waals surface area contributed by atoms with Crippen molar-refractivity contribution in [1.82, 2.24) is 5.32 Å². The molecule has 3 atom stereocenters. The van der Waals surface area contributed by atoms with E-state index >= 15 is 0 Å². The highest BCUT2D eigenvalue weighted by Gasteiger charge is 2.40. The quantitative estimate of drug-likeness (QED) is 0.727. The van der Waals surface area contributed by atoms with Crippen molar-refractivity contribution in [2.75, 3.05) is 6.61 Å². The van der Waals surface area contributed by atoms with Gasteiger partial charge < -0.3 is 15.2 Å². The van der Waals surface area contributed by atoms with Gasteiger partial charge in [0.2, 0.25) is 5.79 Å². The van der Waals surface area contributed by atoms with Gasteiger partial charge >= 0.3 is 0 Å². The molecular formula is C12H17NO2. The van der Waals surface area contributed by atoms with Crippen LogP contribution >= 0.6 is 0 Å². The molecule has 0 aliphatic carbocycles. The Bertz CT molecular complexity index is 328. The lowest BCUT2D eigenvalue weighted by Crippen LogP contribution is -2.57. The van der Waals surface area contributed by atoms with E-state index in [-0.39, 0.29) is 12.1 Å². The number of ether oxygens (including phenoxy) is 1. The first-order chi connectivity index (χ1) is 7.13. The van der Waals surface area contributed by atoms with Crippen molar-refractivity contribution in [1.29, 1.82) is 0 Å². The molecule has 0 radical (unpaired) electrons. The predicted molar refractivity (Wildman–Crippen MR) is 58.4 cm³/mol. The van der Waals surface area contributed by atoms with Gasteiger partial charge in [-0.3, -0.25) is 0 Å². The maximum absolute atomic E-state index is 10.4. The summed E-state index contributed by atoms with van der Waals surface area (Å²) in [7, 11) is 0. The van der Waals surface area contributed by atoms with Crippen LogP contribution in [0.1, 0.15) is 19.4 Å². The van der Waals surface area contributed by atoms with Gasteiger partial charge in [0.1, 0.15) is 0 Å². The van der Waals surface area contributed by atoms with Gasteiger partial charge in [-0.25, -0.2) is 0 Å². The average molecular weight is 207 g/mol. The fourth-order valence-electron chi connectivity index (χ4n) is 1.98. The van der Waals surface area contributed by atoms with E-state index in [0.717, 1.165) is 5.56 Å². The van der Waals surface area contributed by atoms with Crippen LogP contribution in [0.15, 0.2) is 30.3 Å². The normalized spacial score (nSPS) is 36.5. The Balaban J connectivity index is 2.27. The molecule has 0 bridgehead atoms. The van der Waals surface area contributed by atoms with Crippen LogP contribution in [0, 0.1) is 0 Å². The highest BCUT2D eigenvalue weighted by Crippen LogP contribution is 2.29. The summed E-state index contributed by atoms with van der Waals surface area (Å²) in [5, 5.41) is 13.7. The minimum atomic E-state index is -1.20. The molecule has 1 aromatic rings. The minimum absolute atomic E-state index is 0.108. The van der Waals surface area contributed by atoms with Crippen molar-refractivity contribution in [2.45, 2.75) is 31.7 Å². The first kappa shape index (κ1) is 10.6. The third kappa shape index (κ3) is 1.91. The number of nitrogens with one attached hydrogen (secondary N) is 1. The highest BCUT2D eigenvalue weighted by molar-refractivity contribution is 5.22. The van der Waals surface area contributed by atoms with E-state index in [1.54, 1.807) is 0 Å². The smallest absolute Gasteiger partial charge is 0.208 e. The molecule has 1 aliphatic heterocycles. The number of hydrogen-bond donors (Lipinski definition) is 2. The summed E-state index contributed by atoms with van der Waals surface area (Å²) >= 11 is 0. The van der Waals surface area contributed by atoms with Crippen molar-refractivity contribution in [3.8, 4) is 0 Å². The molecule has 1 heterocycles. The molecule has 82 valence electrons. The third-order valence-corrected chi connectivity index (χ3v) is 2.86. The first-order valence-electron chi connectivity index (χ1n) is 5.31. The Labute approximate surface area is 90.1 Å². The molecule has 1 saturated heterocycles. The summed E-state index contributed by atoms with van der Waals surface area (Å²) in [5.41, 5.74) is 0.803. The van der Waals surface area contributed by atoms with Gasteiger partial charge in [0.15, 0.2) is 0 Å². The molecule has 1 aromatic carbocycles. The molecule has 1 aliphatic rings. The molecule has 0 spiro atoms. The summed E-state index contributed by atoms with van der Waals surface area (Å²) in [6, 6.07) is 9.68. The highest BCUT2D eigenvalue weighted by atomic mass is 16.6. The average Bonchev–Trinajstić information content (AvgIpc) is 2.25. The van der Waals surface area contributed by atoms with E-state index in [9.17, 15) is 5.11 Å². The molecule has 3 heteroatoms. The summed E-state index contributed by atoms with van der Waals surface area (Å²) in [4.78, 5) is 0. The molecule has 0 saturated carbocycles. The van der Waals surface area contributed by atoms with Gasteiger partial charge in [-0.1, -0.05) is 30.3 Å². The summed E-state index contributed by atoms with van der Waals surface area (Å²) in [6.07, 6.45) is 0. The van der Waals surface area contributed by atoms with Gasteiger partial charge in [-0.15, -0.1) is 0 Å². The number of hydrogen-bond acceptors (Lipinski definition) is 3. The first-order valence-corrected chi connectivity index (χ1v) is 5.31. The minimum Gasteiger partial charge on any atom is -0.361 e. The van der Waals surface area contributed by atoms with Gasteiger partial charge in [0.25, 0.3) is 0 Å². The van der Waals surface area contributed by atoms with Crippen molar-refractivity contribution in [3.05, 3.63) is 35.9 Å². The van der Waals surface area contributed by atoms with Gasteiger partial charge in [-0.2, -0.15) is 0 Å². The van der Waals surface area contributed by atoms with E-state index in [0.29, 0.717) is 6.61 Å². The lowest BCUT2D eigenvalue weighted by Gasteiger charge is -2.41. The summed E-state index contributed by atoms with van der Waals surface area (Å²) in [6.45, 7) is 4.50.